The molecule has 0 unspecified atom stereocenters. The molecule has 0 aliphatic heterocycles. The Morgan fingerprint density at radius 2 is 1.43 bits per heavy atom. The summed E-state index contributed by atoms with van der Waals surface area (Å²) < 4.78 is 26.6. The van der Waals surface area contributed by atoms with E-state index < -0.39 is 11.6 Å². The molecule has 1 heterocycles. The van der Waals surface area contributed by atoms with Gasteiger partial charge in [0.2, 0.25) is 0 Å². The lowest BCUT2D eigenvalue weighted by Gasteiger charge is -2.07. The smallest absolute Gasteiger partial charge is 0.161 e. The van der Waals surface area contributed by atoms with Gasteiger partial charge in [-0.3, -0.25) is 0 Å². The van der Waals surface area contributed by atoms with Gasteiger partial charge in [0, 0.05) is 11.6 Å². The SMILES string of the molecule is Fc1cc(F)cc(-c2nc(Cl)c3c(Cl)ccc(Cl)c3n2)c1. The van der Waals surface area contributed by atoms with Gasteiger partial charge < -0.3 is 0 Å². The summed E-state index contributed by atoms with van der Waals surface area (Å²) in [5, 5.41) is 1.12. The molecule has 3 aromatic rings. The molecule has 0 radical (unpaired) electrons. The number of hydrogen-bond donors (Lipinski definition) is 0. The van der Waals surface area contributed by atoms with E-state index in [4.69, 9.17) is 34.8 Å². The maximum atomic E-state index is 13.3. The molecule has 2 aromatic carbocycles. The van der Waals surface area contributed by atoms with Crippen LogP contribution in [0.15, 0.2) is 30.3 Å². The largest absolute Gasteiger partial charge is 0.226 e. The number of rotatable bonds is 1. The molecule has 0 bridgehead atoms. The Morgan fingerprint density at radius 3 is 2.10 bits per heavy atom. The Balaban J connectivity index is 2.32. The number of halogens is 5. The zero-order chi connectivity index (χ0) is 15.1. The predicted molar refractivity (Wildman–Crippen MR) is 79.9 cm³/mol. The Morgan fingerprint density at radius 1 is 0.810 bits per heavy atom. The van der Waals surface area contributed by atoms with Crippen molar-refractivity contribution in [2.45, 2.75) is 0 Å². The topological polar surface area (TPSA) is 25.8 Å². The van der Waals surface area contributed by atoms with E-state index in [1.807, 2.05) is 0 Å². The summed E-state index contributed by atoms with van der Waals surface area (Å²) in [4.78, 5) is 8.24. The molecular formula is C14H5Cl3F2N2. The van der Waals surface area contributed by atoms with E-state index in [9.17, 15) is 8.78 Å². The van der Waals surface area contributed by atoms with E-state index >= 15 is 0 Å². The van der Waals surface area contributed by atoms with Gasteiger partial charge in [0.15, 0.2) is 5.82 Å². The van der Waals surface area contributed by atoms with Gasteiger partial charge in [-0.05, 0) is 24.3 Å². The second-order valence-corrected chi connectivity index (χ2v) is 5.42. The molecule has 7 heteroatoms. The number of benzene rings is 2. The van der Waals surface area contributed by atoms with Crippen molar-refractivity contribution in [3.63, 3.8) is 0 Å². The van der Waals surface area contributed by atoms with Gasteiger partial charge in [0.1, 0.15) is 16.8 Å². The highest BCUT2D eigenvalue weighted by molar-refractivity contribution is 6.44. The molecule has 2 nitrogen and oxygen atoms in total. The standard InChI is InChI=1S/C14H5Cl3F2N2/c15-9-1-2-10(16)12-11(9)13(17)21-14(20-12)6-3-7(18)5-8(19)4-6/h1-5H. The lowest BCUT2D eigenvalue weighted by atomic mass is 10.2. The average Bonchev–Trinajstić information content (AvgIpc) is 2.41. The highest BCUT2D eigenvalue weighted by Gasteiger charge is 2.14. The lowest BCUT2D eigenvalue weighted by Crippen LogP contribution is -1.94. The minimum atomic E-state index is -0.734. The van der Waals surface area contributed by atoms with Crippen LogP contribution in [0, 0.1) is 11.6 Å². The quantitative estimate of drug-likeness (QED) is 0.542. The van der Waals surface area contributed by atoms with E-state index in [0.717, 1.165) is 18.2 Å². The van der Waals surface area contributed by atoms with Crippen LogP contribution in [0.2, 0.25) is 15.2 Å². The summed E-state index contributed by atoms with van der Waals surface area (Å²) in [6, 6.07) is 6.11. The fraction of sp³-hybridized carbons (Fsp3) is 0. The summed E-state index contributed by atoms with van der Waals surface area (Å²) >= 11 is 18.2. The van der Waals surface area contributed by atoms with Crippen molar-refractivity contribution >= 4 is 45.7 Å². The highest BCUT2D eigenvalue weighted by atomic mass is 35.5. The van der Waals surface area contributed by atoms with Crippen LogP contribution in [0.5, 0.6) is 0 Å². The second-order valence-electron chi connectivity index (χ2n) is 4.25. The second kappa shape index (κ2) is 5.37. The Bertz CT molecular complexity index is 848. The van der Waals surface area contributed by atoms with E-state index in [1.165, 1.54) is 0 Å². The van der Waals surface area contributed by atoms with Crippen LogP contribution in [0.25, 0.3) is 22.3 Å². The molecule has 3 rings (SSSR count). The fourth-order valence-corrected chi connectivity index (χ4v) is 2.70. The average molecular weight is 346 g/mol. The third-order valence-electron chi connectivity index (χ3n) is 2.83. The van der Waals surface area contributed by atoms with Gasteiger partial charge in [-0.1, -0.05) is 34.8 Å². The molecule has 0 N–H and O–H groups in total. The van der Waals surface area contributed by atoms with Gasteiger partial charge >= 0.3 is 0 Å². The molecule has 106 valence electrons. The van der Waals surface area contributed by atoms with Crippen LogP contribution in [-0.2, 0) is 0 Å². The summed E-state index contributed by atoms with van der Waals surface area (Å²) in [5.41, 5.74) is 0.483. The zero-order valence-corrected chi connectivity index (χ0v) is 12.4. The molecule has 21 heavy (non-hydrogen) atoms. The highest BCUT2D eigenvalue weighted by Crippen LogP contribution is 2.34. The monoisotopic (exact) mass is 344 g/mol. The molecule has 0 atom stereocenters. The number of nitrogens with zero attached hydrogens (tertiary/aromatic N) is 2. The Labute approximate surface area is 133 Å². The molecule has 0 saturated heterocycles. The van der Waals surface area contributed by atoms with E-state index in [-0.39, 0.29) is 16.5 Å². The minimum Gasteiger partial charge on any atom is -0.226 e. The van der Waals surface area contributed by atoms with Crippen LogP contribution in [0.3, 0.4) is 0 Å². The first-order valence-corrected chi connectivity index (χ1v) is 6.87. The third kappa shape index (κ3) is 2.67. The van der Waals surface area contributed by atoms with Crippen molar-refractivity contribution in [1.29, 1.82) is 0 Å². The van der Waals surface area contributed by atoms with Crippen LogP contribution in [-0.4, -0.2) is 9.97 Å². The van der Waals surface area contributed by atoms with Crippen molar-refractivity contribution in [3.8, 4) is 11.4 Å². The molecule has 0 spiro atoms. The van der Waals surface area contributed by atoms with Gasteiger partial charge in [-0.2, -0.15) is 0 Å². The van der Waals surface area contributed by atoms with E-state index in [1.54, 1.807) is 12.1 Å². The van der Waals surface area contributed by atoms with Crippen molar-refractivity contribution in [2.75, 3.05) is 0 Å². The van der Waals surface area contributed by atoms with Gasteiger partial charge in [0.05, 0.1) is 20.9 Å². The Hall–Kier alpha value is -1.49. The third-order valence-corrected chi connectivity index (χ3v) is 3.72. The molecule has 0 aliphatic carbocycles. The van der Waals surface area contributed by atoms with Crippen molar-refractivity contribution in [2.24, 2.45) is 0 Å². The van der Waals surface area contributed by atoms with Crippen LogP contribution in [0.4, 0.5) is 8.78 Å². The lowest BCUT2D eigenvalue weighted by molar-refractivity contribution is 0.584. The van der Waals surface area contributed by atoms with Crippen LogP contribution < -0.4 is 0 Å². The first-order chi connectivity index (χ1) is 9.95. The number of hydrogen-bond acceptors (Lipinski definition) is 2. The summed E-state index contributed by atoms with van der Waals surface area (Å²) in [7, 11) is 0. The summed E-state index contributed by atoms with van der Waals surface area (Å²) in [5.74, 6) is -1.40. The summed E-state index contributed by atoms with van der Waals surface area (Å²) in [6.07, 6.45) is 0. The maximum Gasteiger partial charge on any atom is 0.161 e. The molecule has 0 aliphatic rings. The first-order valence-electron chi connectivity index (χ1n) is 5.73. The maximum absolute atomic E-state index is 13.3. The fourth-order valence-electron chi connectivity index (χ4n) is 1.94. The normalized spacial score (nSPS) is 11.1. The summed E-state index contributed by atoms with van der Waals surface area (Å²) in [6.45, 7) is 0. The zero-order valence-electron chi connectivity index (χ0n) is 10.2. The molecule has 0 fully saturated rings. The van der Waals surface area contributed by atoms with Crippen LogP contribution >= 0.6 is 34.8 Å². The van der Waals surface area contributed by atoms with Crippen molar-refractivity contribution in [3.05, 3.63) is 57.2 Å². The minimum absolute atomic E-state index is 0.0622. The number of fused-ring (bicyclic) bond motifs is 1. The van der Waals surface area contributed by atoms with Crippen molar-refractivity contribution < 1.29 is 8.78 Å². The van der Waals surface area contributed by atoms with Crippen molar-refractivity contribution in [1.82, 2.24) is 9.97 Å². The van der Waals surface area contributed by atoms with Gasteiger partial charge in [-0.25, -0.2) is 18.7 Å². The van der Waals surface area contributed by atoms with Gasteiger partial charge in [-0.15, -0.1) is 0 Å². The Kier molecular flexibility index (Phi) is 3.69. The molecular weight excluding hydrogens is 341 g/mol. The predicted octanol–water partition coefficient (Wildman–Crippen LogP) is 5.54. The number of aromatic nitrogens is 2. The molecule has 1 aromatic heterocycles. The van der Waals surface area contributed by atoms with E-state index in [2.05, 4.69) is 9.97 Å². The molecule has 0 amide bonds. The molecule has 0 saturated carbocycles. The van der Waals surface area contributed by atoms with Gasteiger partial charge in [0.25, 0.3) is 0 Å². The van der Waals surface area contributed by atoms with E-state index in [0.29, 0.717) is 20.9 Å². The first kappa shape index (κ1) is 14.4. The van der Waals surface area contributed by atoms with Crippen LogP contribution in [0.1, 0.15) is 0 Å².